The largest absolute Gasteiger partial charge is 0.497 e. The van der Waals surface area contributed by atoms with Gasteiger partial charge in [-0.15, -0.1) is 0 Å². The Kier molecular flexibility index (Phi) is 7.70. The monoisotopic (exact) mass is 424 g/mol. The van der Waals surface area contributed by atoms with Crippen LogP contribution in [0.2, 0.25) is 0 Å². The number of allylic oxidation sites excluding steroid dienone is 2. The molecule has 0 bridgehead atoms. The second kappa shape index (κ2) is 10.7. The molecule has 0 saturated carbocycles. The van der Waals surface area contributed by atoms with E-state index in [1.807, 2.05) is 0 Å². The molecule has 31 heavy (non-hydrogen) atoms. The third-order valence-electron chi connectivity index (χ3n) is 5.44. The summed E-state index contributed by atoms with van der Waals surface area (Å²) in [5.41, 5.74) is 2.19. The van der Waals surface area contributed by atoms with Crippen molar-refractivity contribution in [3.8, 4) is 17.2 Å². The third kappa shape index (κ3) is 5.87. The van der Waals surface area contributed by atoms with E-state index in [0.29, 0.717) is 34.8 Å². The second-order valence-electron chi connectivity index (χ2n) is 7.51. The Balaban J connectivity index is 1.67. The summed E-state index contributed by atoms with van der Waals surface area (Å²) in [5.74, 6) is 0.251. The van der Waals surface area contributed by atoms with Gasteiger partial charge in [-0.1, -0.05) is 11.6 Å². The van der Waals surface area contributed by atoms with E-state index in [0.717, 1.165) is 19.3 Å². The van der Waals surface area contributed by atoms with Crippen LogP contribution in [0.25, 0.3) is 0 Å². The molecule has 1 aliphatic carbocycles. The summed E-state index contributed by atoms with van der Waals surface area (Å²) in [6, 6.07) is 11.5. The number of carbonyl (C=O) groups excluding carboxylic acids is 1. The quantitative estimate of drug-likeness (QED) is 0.425. The molecule has 0 saturated heterocycles. The fourth-order valence-electron chi connectivity index (χ4n) is 3.67. The van der Waals surface area contributed by atoms with Crippen molar-refractivity contribution < 1.29 is 28.9 Å². The summed E-state index contributed by atoms with van der Waals surface area (Å²) < 4.78 is 16.2. The van der Waals surface area contributed by atoms with Crippen molar-refractivity contribution in [3.63, 3.8) is 0 Å². The predicted molar refractivity (Wildman–Crippen MR) is 117 cm³/mol. The highest BCUT2D eigenvalue weighted by Gasteiger charge is 2.21. The van der Waals surface area contributed by atoms with Crippen molar-refractivity contribution in [1.82, 2.24) is 0 Å². The lowest BCUT2D eigenvalue weighted by atomic mass is 9.95. The van der Waals surface area contributed by atoms with Gasteiger partial charge in [0.15, 0.2) is 11.9 Å². The summed E-state index contributed by atoms with van der Waals surface area (Å²) in [7, 11) is 3.05. The molecule has 0 fully saturated rings. The van der Waals surface area contributed by atoms with E-state index in [2.05, 4.69) is 6.08 Å². The number of carboxylic acid groups (broad SMARTS) is 1. The minimum atomic E-state index is -0.987. The molecular formula is C25H28O6. The molecule has 164 valence electrons. The lowest BCUT2D eigenvalue weighted by Crippen LogP contribution is -2.27. The summed E-state index contributed by atoms with van der Waals surface area (Å²) in [4.78, 5) is 24.5. The van der Waals surface area contributed by atoms with Crippen molar-refractivity contribution in [2.24, 2.45) is 0 Å². The first kappa shape index (κ1) is 22.4. The Morgan fingerprint density at radius 3 is 2.35 bits per heavy atom. The number of methoxy groups -OCH3 is 2. The lowest BCUT2D eigenvalue weighted by Gasteiger charge is -2.18. The van der Waals surface area contributed by atoms with Gasteiger partial charge in [0.25, 0.3) is 0 Å². The van der Waals surface area contributed by atoms with Crippen LogP contribution in [0, 0.1) is 0 Å². The fourth-order valence-corrected chi connectivity index (χ4v) is 3.67. The van der Waals surface area contributed by atoms with Crippen molar-refractivity contribution in [2.75, 3.05) is 14.2 Å². The highest BCUT2D eigenvalue weighted by molar-refractivity contribution is 6.10. The number of aliphatic carboxylic acids is 1. The standard InChI is InChI=1S/C25H28O6/c1-29-20-13-14-21(23(16-20)30-2)24(26)18-9-11-19(12-10-18)31-22(25(27)28)15-8-17-6-4-3-5-7-17/h6,9-14,16,22H,3-5,7-8,15H2,1-2H3,(H,27,28). The average molecular weight is 424 g/mol. The van der Waals surface area contributed by atoms with Gasteiger partial charge >= 0.3 is 5.97 Å². The number of benzene rings is 2. The summed E-state index contributed by atoms with van der Waals surface area (Å²) in [6.07, 6.45) is 6.92. The number of ketones is 1. The van der Waals surface area contributed by atoms with Gasteiger partial charge in [-0.2, -0.15) is 0 Å². The van der Waals surface area contributed by atoms with Crippen molar-refractivity contribution in [3.05, 3.63) is 65.2 Å². The van der Waals surface area contributed by atoms with Gasteiger partial charge in [0, 0.05) is 11.6 Å². The molecule has 6 heteroatoms. The number of rotatable bonds is 10. The molecule has 0 radical (unpaired) electrons. The van der Waals surface area contributed by atoms with Gasteiger partial charge in [0.1, 0.15) is 17.2 Å². The number of ether oxygens (including phenoxy) is 3. The zero-order chi connectivity index (χ0) is 22.2. The Labute approximate surface area is 182 Å². The fraction of sp³-hybridized carbons (Fsp3) is 0.360. The van der Waals surface area contributed by atoms with E-state index in [9.17, 15) is 14.7 Å². The smallest absolute Gasteiger partial charge is 0.344 e. The Hall–Kier alpha value is -3.28. The molecule has 0 aromatic heterocycles. The van der Waals surface area contributed by atoms with Gasteiger partial charge < -0.3 is 19.3 Å². The molecular weight excluding hydrogens is 396 g/mol. The highest BCUT2D eigenvalue weighted by Crippen LogP contribution is 2.28. The number of hydrogen-bond donors (Lipinski definition) is 1. The Morgan fingerprint density at radius 1 is 1.00 bits per heavy atom. The van der Waals surface area contributed by atoms with E-state index in [1.165, 1.54) is 25.5 Å². The van der Waals surface area contributed by atoms with E-state index in [-0.39, 0.29) is 5.78 Å². The maximum absolute atomic E-state index is 12.9. The first-order valence-corrected chi connectivity index (χ1v) is 10.5. The number of hydrogen-bond acceptors (Lipinski definition) is 5. The van der Waals surface area contributed by atoms with E-state index < -0.39 is 12.1 Å². The molecule has 2 aromatic rings. The summed E-state index contributed by atoms with van der Waals surface area (Å²) in [6.45, 7) is 0. The van der Waals surface area contributed by atoms with E-state index >= 15 is 0 Å². The minimum absolute atomic E-state index is 0.204. The number of carbonyl (C=O) groups is 2. The van der Waals surface area contributed by atoms with Crippen LogP contribution < -0.4 is 14.2 Å². The van der Waals surface area contributed by atoms with Crippen LogP contribution >= 0.6 is 0 Å². The Bertz CT molecular complexity index is 945. The van der Waals surface area contributed by atoms with Crippen LogP contribution in [0.1, 0.15) is 54.4 Å². The van der Waals surface area contributed by atoms with Crippen LogP contribution in [0.3, 0.4) is 0 Å². The van der Waals surface area contributed by atoms with Gasteiger partial charge in [0.05, 0.1) is 19.8 Å². The molecule has 1 N–H and O–H groups in total. The summed E-state index contributed by atoms with van der Waals surface area (Å²) in [5, 5.41) is 9.53. The van der Waals surface area contributed by atoms with Crippen LogP contribution in [0.4, 0.5) is 0 Å². The van der Waals surface area contributed by atoms with Crippen molar-refractivity contribution >= 4 is 11.8 Å². The zero-order valence-electron chi connectivity index (χ0n) is 17.9. The van der Waals surface area contributed by atoms with Gasteiger partial charge in [-0.3, -0.25) is 4.79 Å². The van der Waals surface area contributed by atoms with Crippen molar-refractivity contribution in [2.45, 2.75) is 44.6 Å². The highest BCUT2D eigenvalue weighted by atomic mass is 16.5. The molecule has 3 rings (SSSR count). The molecule has 0 amide bonds. The second-order valence-corrected chi connectivity index (χ2v) is 7.51. The minimum Gasteiger partial charge on any atom is -0.497 e. The van der Waals surface area contributed by atoms with Crippen LogP contribution in [-0.2, 0) is 4.79 Å². The van der Waals surface area contributed by atoms with Gasteiger partial charge in [-0.05, 0) is 74.9 Å². The van der Waals surface area contributed by atoms with Crippen LogP contribution in [-0.4, -0.2) is 37.2 Å². The van der Waals surface area contributed by atoms with E-state index in [4.69, 9.17) is 14.2 Å². The molecule has 1 aliphatic rings. The maximum atomic E-state index is 12.9. The zero-order valence-corrected chi connectivity index (χ0v) is 17.9. The normalized spacial score (nSPS) is 14.3. The SMILES string of the molecule is COc1ccc(C(=O)c2ccc(OC(CCC3=CCCCC3)C(=O)O)cc2)c(OC)c1. The topological polar surface area (TPSA) is 82.1 Å². The third-order valence-corrected chi connectivity index (χ3v) is 5.44. The van der Waals surface area contributed by atoms with Gasteiger partial charge in [-0.25, -0.2) is 4.79 Å². The van der Waals surface area contributed by atoms with Crippen LogP contribution in [0.15, 0.2) is 54.1 Å². The molecule has 0 spiro atoms. The Morgan fingerprint density at radius 2 is 1.74 bits per heavy atom. The molecule has 1 unspecified atom stereocenters. The molecule has 0 heterocycles. The van der Waals surface area contributed by atoms with E-state index in [1.54, 1.807) is 49.6 Å². The van der Waals surface area contributed by atoms with Crippen molar-refractivity contribution in [1.29, 1.82) is 0 Å². The van der Waals surface area contributed by atoms with Gasteiger partial charge in [0.2, 0.25) is 0 Å². The first-order valence-electron chi connectivity index (χ1n) is 10.5. The molecule has 1 atom stereocenters. The molecule has 2 aromatic carbocycles. The first-order chi connectivity index (χ1) is 15.0. The average Bonchev–Trinajstić information content (AvgIpc) is 2.81. The predicted octanol–water partition coefficient (Wildman–Crippen LogP) is 5.05. The molecule has 6 nitrogen and oxygen atoms in total. The summed E-state index contributed by atoms with van der Waals surface area (Å²) >= 11 is 0. The van der Waals surface area contributed by atoms with Crippen LogP contribution in [0.5, 0.6) is 17.2 Å². The molecule has 0 aliphatic heterocycles. The lowest BCUT2D eigenvalue weighted by molar-refractivity contribution is -0.145. The number of carboxylic acids is 1. The maximum Gasteiger partial charge on any atom is 0.344 e.